The summed E-state index contributed by atoms with van der Waals surface area (Å²) in [5.74, 6) is 0. The Balaban J connectivity index is 0.731. The molecule has 4 aromatic heterocycles. The molecule has 0 fully saturated rings. The molecule has 0 saturated carbocycles. The van der Waals surface area contributed by atoms with E-state index in [-0.39, 0.29) is 0 Å². The van der Waals surface area contributed by atoms with Gasteiger partial charge in [-0.25, -0.2) is 0 Å². The highest BCUT2D eigenvalue weighted by Gasteiger charge is 2.22. The Morgan fingerprint density at radius 1 is 0.179 bits per heavy atom. The summed E-state index contributed by atoms with van der Waals surface area (Å²) in [5, 5.41) is 15.5. The summed E-state index contributed by atoms with van der Waals surface area (Å²) in [7, 11) is 0. The van der Waals surface area contributed by atoms with Gasteiger partial charge in [0, 0.05) is 101 Å². The first-order valence-electron chi connectivity index (χ1n) is 28.4. The van der Waals surface area contributed by atoms with Crippen LogP contribution in [0.2, 0.25) is 0 Å². The minimum atomic E-state index is 0.800. The third-order valence-corrected chi connectivity index (χ3v) is 17.2. The van der Waals surface area contributed by atoms with E-state index in [9.17, 15) is 0 Å². The van der Waals surface area contributed by atoms with Crippen LogP contribution in [0.4, 0.5) is 34.1 Å². The molecule has 0 unspecified atom stereocenters. The third-order valence-electron chi connectivity index (χ3n) is 17.2. The number of rotatable bonds is 8. The van der Waals surface area contributed by atoms with Gasteiger partial charge in [0.05, 0.1) is 0 Å². The highest BCUT2D eigenvalue weighted by molar-refractivity contribution is 6.21. The van der Waals surface area contributed by atoms with Gasteiger partial charge in [0.1, 0.15) is 44.7 Å². The molecular weight excluding hydrogens is 1030 g/mol. The van der Waals surface area contributed by atoms with Crippen molar-refractivity contribution in [2.45, 2.75) is 0 Å². The Hall–Kier alpha value is -11.3. The largest absolute Gasteiger partial charge is 0.456 e. The van der Waals surface area contributed by atoms with Crippen LogP contribution in [0.5, 0.6) is 0 Å². The molecule has 0 atom stereocenters. The topological polar surface area (TPSA) is 59.0 Å². The Morgan fingerprint density at radius 2 is 0.500 bits per heavy atom. The van der Waals surface area contributed by atoms with Crippen LogP contribution < -0.4 is 9.80 Å². The van der Waals surface area contributed by atoms with Crippen molar-refractivity contribution in [3.63, 3.8) is 0 Å². The van der Waals surface area contributed by atoms with Gasteiger partial charge in [-0.2, -0.15) is 0 Å². The number of hydrogen-bond acceptors (Lipinski definition) is 6. The standard InChI is InChI=1S/C78H46N2O4/c1-3-11-47(12-4-1)49-19-25-55(26-20-49)79(59-31-35-65-75(45-59)81-69-37-23-51-15-7-9-17-61(51)77(65)69)57-29-33-63-67-39-53-42-72-68(40-54(53)41-71(67)83-73(63)43-57)64-34-30-58(44-74(64)84-72)80(56-27-21-50(22-28-56)48-13-5-2-6-14-48)60-32-36-66-76(46-60)82-70-38-24-52-16-8-10-18-62(52)78(66)70/h1-46H. The molecule has 14 aromatic carbocycles. The molecule has 84 heavy (non-hydrogen) atoms. The molecule has 18 aromatic rings. The average Bonchev–Trinajstić information content (AvgIpc) is 3.66. The monoisotopic (exact) mass is 1070 g/mol. The van der Waals surface area contributed by atoms with Gasteiger partial charge in [-0.05, 0) is 164 Å². The Labute approximate surface area is 480 Å². The number of fused-ring (bicyclic) bond motifs is 17. The summed E-state index contributed by atoms with van der Waals surface area (Å²) >= 11 is 0. The van der Waals surface area contributed by atoms with Gasteiger partial charge in [-0.1, -0.05) is 146 Å². The van der Waals surface area contributed by atoms with Crippen LogP contribution in [0.3, 0.4) is 0 Å². The van der Waals surface area contributed by atoms with Gasteiger partial charge < -0.3 is 27.5 Å². The molecule has 0 spiro atoms. The van der Waals surface area contributed by atoms with Crippen molar-refractivity contribution in [1.29, 1.82) is 0 Å². The van der Waals surface area contributed by atoms with Crippen molar-refractivity contribution in [3.8, 4) is 22.3 Å². The molecule has 392 valence electrons. The third kappa shape index (κ3) is 7.30. The van der Waals surface area contributed by atoms with E-state index in [1.54, 1.807) is 0 Å². The van der Waals surface area contributed by atoms with Crippen LogP contribution in [-0.2, 0) is 0 Å². The zero-order valence-corrected chi connectivity index (χ0v) is 45.1. The molecule has 0 aliphatic heterocycles. The van der Waals surface area contributed by atoms with Gasteiger partial charge in [0.2, 0.25) is 0 Å². The molecule has 0 amide bonds. The molecule has 0 radical (unpaired) electrons. The molecule has 0 saturated heterocycles. The summed E-state index contributed by atoms with van der Waals surface area (Å²) < 4.78 is 27.0. The summed E-state index contributed by atoms with van der Waals surface area (Å²) in [5.41, 5.74) is 17.2. The van der Waals surface area contributed by atoms with Crippen molar-refractivity contribution >= 4 is 154 Å². The van der Waals surface area contributed by atoms with E-state index in [1.165, 1.54) is 32.7 Å². The lowest BCUT2D eigenvalue weighted by molar-refractivity contribution is 0.668. The van der Waals surface area contributed by atoms with Crippen molar-refractivity contribution in [1.82, 2.24) is 0 Å². The normalized spacial score (nSPS) is 12.0. The fraction of sp³-hybridized carbons (Fsp3) is 0. The number of furan rings is 4. The number of benzene rings is 14. The molecule has 18 rings (SSSR count). The molecule has 0 aliphatic rings. The summed E-state index contributed by atoms with van der Waals surface area (Å²) in [4.78, 5) is 4.57. The van der Waals surface area contributed by atoms with Gasteiger partial charge in [-0.3, -0.25) is 0 Å². The summed E-state index contributed by atoms with van der Waals surface area (Å²) in [6.07, 6.45) is 0. The smallest absolute Gasteiger partial charge is 0.137 e. The fourth-order valence-electron chi connectivity index (χ4n) is 13.2. The van der Waals surface area contributed by atoms with Crippen LogP contribution in [-0.4, -0.2) is 0 Å². The first kappa shape index (κ1) is 46.4. The molecule has 6 nitrogen and oxygen atoms in total. The van der Waals surface area contributed by atoms with Crippen LogP contribution in [0.15, 0.2) is 297 Å². The predicted molar refractivity (Wildman–Crippen MR) is 348 cm³/mol. The quantitative estimate of drug-likeness (QED) is 0.151. The second kappa shape index (κ2) is 18.1. The van der Waals surface area contributed by atoms with Gasteiger partial charge >= 0.3 is 0 Å². The van der Waals surface area contributed by atoms with Crippen LogP contribution >= 0.6 is 0 Å². The van der Waals surface area contributed by atoms with Gasteiger partial charge in [0.25, 0.3) is 0 Å². The van der Waals surface area contributed by atoms with Gasteiger partial charge in [0.15, 0.2) is 0 Å². The lowest BCUT2D eigenvalue weighted by Gasteiger charge is -2.25. The molecule has 0 aliphatic carbocycles. The maximum Gasteiger partial charge on any atom is 0.137 e. The van der Waals surface area contributed by atoms with Crippen LogP contribution in [0.25, 0.3) is 142 Å². The number of anilines is 6. The van der Waals surface area contributed by atoms with E-state index in [1.807, 2.05) is 0 Å². The van der Waals surface area contributed by atoms with Crippen LogP contribution in [0.1, 0.15) is 0 Å². The minimum absolute atomic E-state index is 0.800. The molecule has 4 heterocycles. The second-order valence-corrected chi connectivity index (χ2v) is 22.0. The number of nitrogens with zero attached hydrogens (tertiary/aromatic N) is 2. The Morgan fingerprint density at radius 3 is 0.917 bits per heavy atom. The average molecular weight is 1080 g/mol. The molecule has 6 heteroatoms. The highest BCUT2D eigenvalue weighted by Crippen LogP contribution is 2.46. The van der Waals surface area contributed by atoms with Gasteiger partial charge in [-0.15, -0.1) is 0 Å². The van der Waals surface area contributed by atoms with Crippen molar-refractivity contribution in [3.05, 3.63) is 279 Å². The molecule has 0 bridgehead atoms. The SMILES string of the molecule is c1ccc(-c2ccc(N(c3ccc4c(c3)oc3cc5cc6c(cc5cc34)oc3cc(N(c4ccc(-c5ccccc5)cc4)c4ccc5c(c4)oc4ccc7ccccc7c45)ccc36)c3ccc4c(c3)oc3ccc5ccccc5c34)cc2)cc1. The Bertz CT molecular complexity index is 5320. The van der Waals surface area contributed by atoms with E-state index in [0.717, 1.165) is 144 Å². The summed E-state index contributed by atoms with van der Waals surface area (Å²) in [6.45, 7) is 0. The maximum absolute atomic E-state index is 6.87. The fourth-order valence-corrected chi connectivity index (χ4v) is 13.2. The Kier molecular flexibility index (Phi) is 9.99. The molecule has 0 N–H and O–H groups in total. The zero-order chi connectivity index (χ0) is 55.0. The van der Waals surface area contributed by atoms with Crippen molar-refractivity contribution < 1.29 is 17.7 Å². The van der Waals surface area contributed by atoms with E-state index in [2.05, 4.69) is 289 Å². The maximum atomic E-state index is 6.87. The van der Waals surface area contributed by atoms with Crippen molar-refractivity contribution in [2.75, 3.05) is 9.80 Å². The second-order valence-electron chi connectivity index (χ2n) is 22.0. The lowest BCUT2D eigenvalue weighted by Crippen LogP contribution is -2.09. The van der Waals surface area contributed by atoms with E-state index in [0.29, 0.717) is 0 Å². The van der Waals surface area contributed by atoms with E-state index >= 15 is 0 Å². The zero-order valence-electron chi connectivity index (χ0n) is 45.1. The minimum Gasteiger partial charge on any atom is -0.456 e. The van der Waals surface area contributed by atoms with E-state index in [4.69, 9.17) is 17.7 Å². The number of hydrogen-bond donors (Lipinski definition) is 0. The van der Waals surface area contributed by atoms with Crippen LogP contribution in [0, 0.1) is 0 Å². The highest BCUT2D eigenvalue weighted by atomic mass is 16.3. The van der Waals surface area contributed by atoms with E-state index < -0.39 is 0 Å². The summed E-state index contributed by atoms with van der Waals surface area (Å²) in [6, 6.07) is 99.1. The van der Waals surface area contributed by atoms with Crippen molar-refractivity contribution in [2.24, 2.45) is 0 Å². The first-order valence-corrected chi connectivity index (χ1v) is 28.4. The lowest BCUT2D eigenvalue weighted by atomic mass is 10.0. The predicted octanol–water partition coefficient (Wildman–Crippen LogP) is 23.0. The first-order chi connectivity index (χ1) is 41.6. The molecular formula is C78H46N2O4.